The third-order valence-corrected chi connectivity index (χ3v) is 5.69. The predicted octanol–water partition coefficient (Wildman–Crippen LogP) is 3.74. The van der Waals surface area contributed by atoms with Crippen molar-refractivity contribution in [2.45, 2.75) is 20.8 Å². The van der Waals surface area contributed by atoms with Gasteiger partial charge in [0.05, 0.1) is 12.8 Å². The van der Waals surface area contributed by atoms with Crippen LogP contribution in [0.1, 0.15) is 38.2 Å². The van der Waals surface area contributed by atoms with Crippen molar-refractivity contribution in [3.05, 3.63) is 58.2 Å². The van der Waals surface area contributed by atoms with Crippen LogP contribution >= 0.6 is 11.3 Å². The molecule has 0 fully saturated rings. The molecule has 8 nitrogen and oxygen atoms in total. The van der Waals surface area contributed by atoms with Crippen molar-refractivity contribution < 1.29 is 23.9 Å². The number of rotatable bonds is 7. The van der Waals surface area contributed by atoms with Gasteiger partial charge in [0, 0.05) is 23.2 Å². The van der Waals surface area contributed by atoms with Crippen LogP contribution < -0.4 is 5.32 Å². The van der Waals surface area contributed by atoms with Gasteiger partial charge in [-0.3, -0.25) is 9.48 Å². The van der Waals surface area contributed by atoms with E-state index < -0.39 is 24.5 Å². The number of aromatic nitrogens is 2. The van der Waals surface area contributed by atoms with Gasteiger partial charge >= 0.3 is 11.9 Å². The lowest BCUT2D eigenvalue weighted by Crippen LogP contribution is -2.22. The lowest BCUT2D eigenvalue weighted by Gasteiger charge is -2.09. The zero-order valence-corrected chi connectivity index (χ0v) is 18.5. The van der Waals surface area contributed by atoms with Gasteiger partial charge in [0.1, 0.15) is 16.1 Å². The molecule has 0 aliphatic carbocycles. The first-order valence-corrected chi connectivity index (χ1v) is 10.5. The van der Waals surface area contributed by atoms with Crippen LogP contribution in [0.25, 0.3) is 11.1 Å². The highest BCUT2D eigenvalue weighted by atomic mass is 32.1. The van der Waals surface area contributed by atoms with Crippen molar-refractivity contribution in [3.63, 3.8) is 0 Å². The number of nitrogens with one attached hydrogen (secondary N) is 1. The van der Waals surface area contributed by atoms with E-state index in [9.17, 15) is 14.4 Å². The fraction of sp³-hybridized carbons (Fsp3) is 0.273. The molecule has 3 aromatic rings. The number of benzene rings is 1. The second kappa shape index (κ2) is 9.57. The van der Waals surface area contributed by atoms with Crippen molar-refractivity contribution in [2.24, 2.45) is 7.05 Å². The summed E-state index contributed by atoms with van der Waals surface area (Å²) < 4.78 is 11.9. The smallest absolute Gasteiger partial charge is 0.342 e. The standard InChI is InChI=1S/C22H23N3O5S/c1-5-29-22(28)19-18(15-9-7-6-8-10-15)14(3)31-20(19)24-17(26)12-30-21(27)16-11-23-25(4)13(16)2/h6-11H,5,12H2,1-4H3,(H,24,26). The highest BCUT2D eigenvalue weighted by molar-refractivity contribution is 7.17. The van der Waals surface area contributed by atoms with Crippen LogP contribution in [0.3, 0.4) is 0 Å². The first-order chi connectivity index (χ1) is 14.8. The molecule has 2 aromatic heterocycles. The molecule has 1 aromatic carbocycles. The summed E-state index contributed by atoms with van der Waals surface area (Å²) >= 11 is 1.27. The summed E-state index contributed by atoms with van der Waals surface area (Å²) in [6, 6.07) is 9.41. The first-order valence-electron chi connectivity index (χ1n) is 9.65. The van der Waals surface area contributed by atoms with Crippen LogP contribution in [0, 0.1) is 13.8 Å². The molecule has 1 N–H and O–H groups in total. The molecule has 162 valence electrons. The van der Waals surface area contributed by atoms with Gasteiger partial charge in [-0.25, -0.2) is 9.59 Å². The van der Waals surface area contributed by atoms with Gasteiger partial charge in [0.15, 0.2) is 6.61 Å². The molecule has 0 aliphatic rings. The zero-order valence-electron chi connectivity index (χ0n) is 17.7. The number of ether oxygens (including phenoxy) is 2. The minimum Gasteiger partial charge on any atom is -0.462 e. The van der Waals surface area contributed by atoms with Crippen LogP contribution in [0.15, 0.2) is 36.5 Å². The number of thiophene rings is 1. The Balaban J connectivity index is 1.80. The Hall–Kier alpha value is -3.46. The van der Waals surface area contributed by atoms with Gasteiger partial charge in [0.2, 0.25) is 0 Å². The molecular weight excluding hydrogens is 418 g/mol. The maximum absolute atomic E-state index is 12.7. The fourth-order valence-corrected chi connectivity index (χ4v) is 4.13. The van der Waals surface area contributed by atoms with Gasteiger partial charge < -0.3 is 14.8 Å². The molecule has 31 heavy (non-hydrogen) atoms. The number of aryl methyl sites for hydroxylation is 2. The van der Waals surface area contributed by atoms with Crippen LogP contribution in [0.4, 0.5) is 5.00 Å². The Morgan fingerprint density at radius 2 is 1.81 bits per heavy atom. The number of hydrogen-bond acceptors (Lipinski definition) is 7. The number of nitrogens with zero attached hydrogens (tertiary/aromatic N) is 2. The molecular formula is C22H23N3O5S. The summed E-state index contributed by atoms with van der Waals surface area (Å²) in [5.41, 5.74) is 2.77. The van der Waals surface area contributed by atoms with Gasteiger partial charge in [0.25, 0.3) is 5.91 Å². The normalized spacial score (nSPS) is 10.6. The van der Waals surface area contributed by atoms with E-state index in [2.05, 4.69) is 10.4 Å². The molecule has 0 radical (unpaired) electrons. The van der Waals surface area contributed by atoms with Crippen molar-refractivity contribution in [1.82, 2.24) is 9.78 Å². The Labute approximate surface area is 183 Å². The highest BCUT2D eigenvalue weighted by Crippen LogP contribution is 2.40. The lowest BCUT2D eigenvalue weighted by molar-refractivity contribution is -0.119. The monoisotopic (exact) mass is 441 g/mol. The van der Waals surface area contributed by atoms with E-state index in [-0.39, 0.29) is 6.61 Å². The van der Waals surface area contributed by atoms with E-state index in [4.69, 9.17) is 9.47 Å². The molecule has 9 heteroatoms. The molecule has 0 unspecified atom stereocenters. The predicted molar refractivity (Wildman–Crippen MR) is 117 cm³/mol. The number of esters is 2. The number of carbonyl (C=O) groups is 3. The molecule has 0 bridgehead atoms. The molecule has 0 spiro atoms. The summed E-state index contributed by atoms with van der Waals surface area (Å²) in [5, 5.41) is 7.03. The summed E-state index contributed by atoms with van der Waals surface area (Å²) in [6.45, 7) is 5.04. The average Bonchev–Trinajstić information content (AvgIpc) is 3.25. The van der Waals surface area contributed by atoms with Gasteiger partial charge in [-0.1, -0.05) is 30.3 Å². The third kappa shape index (κ3) is 4.83. The molecule has 0 atom stereocenters. The third-order valence-electron chi connectivity index (χ3n) is 4.67. The highest BCUT2D eigenvalue weighted by Gasteiger charge is 2.26. The van der Waals surface area contributed by atoms with Crippen molar-refractivity contribution >= 4 is 34.2 Å². The summed E-state index contributed by atoms with van der Waals surface area (Å²) in [5.74, 6) is -1.72. The Morgan fingerprint density at radius 3 is 2.42 bits per heavy atom. The van der Waals surface area contributed by atoms with Gasteiger partial charge in [-0.05, 0) is 26.3 Å². The van der Waals surface area contributed by atoms with E-state index in [0.717, 1.165) is 10.4 Å². The minimum absolute atomic E-state index is 0.206. The number of amides is 1. The fourth-order valence-electron chi connectivity index (χ4n) is 3.05. The van der Waals surface area contributed by atoms with Crippen molar-refractivity contribution in [2.75, 3.05) is 18.5 Å². The average molecular weight is 442 g/mol. The van der Waals surface area contributed by atoms with Crippen LogP contribution in [-0.2, 0) is 21.3 Å². The summed E-state index contributed by atoms with van der Waals surface area (Å²) in [7, 11) is 1.71. The van der Waals surface area contributed by atoms with Crippen molar-refractivity contribution in [1.29, 1.82) is 0 Å². The second-order valence-corrected chi connectivity index (χ2v) is 7.94. The van der Waals surface area contributed by atoms with E-state index in [1.165, 1.54) is 17.5 Å². The summed E-state index contributed by atoms with van der Waals surface area (Å²) in [4.78, 5) is 38.2. The first kappa shape index (κ1) is 22.2. The van der Waals surface area contributed by atoms with Gasteiger partial charge in [-0.2, -0.15) is 5.10 Å². The molecule has 0 saturated heterocycles. The Kier molecular flexibility index (Phi) is 6.86. The van der Waals surface area contributed by atoms with Gasteiger partial charge in [-0.15, -0.1) is 11.3 Å². The van der Waals surface area contributed by atoms with E-state index >= 15 is 0 Å². The lowest BCUT2D eigenvalue weighted by atomic mass is 10.0. The zero-order chi connectivity index (χ0) is 22.5. The van der Waals surface area contributed by atoms with Crippen LogP contribution in [0.2, 0.25) is 0 Å². The summed E-state index contributed by atoms with van der Waals surface area (Å²) in [6.07, 6.45) is 1.39. The van der Waals surface area contributed by atoms with Crippen LogP contribution in [0.5, 0.6) is 0 Å². The SMILES string of the molecule is CCOC(=O)c1c(NC(=O)COC(=O)c2cnn(C)c2C)sc(C)c1-c1ccccc1. The Bertz CT molecular complexity index is 1120. The molecule has 0 aliphatic heterocycles. The minimum atomic E-state index is -0.640. The van der Waals surface area contributed by atoms with E-state index in [1.807, 2.05) is 37.3 Å². The van der Waals surface area contributed by atoms with E-state index in [1.54, 1.807) is 25.6 Å². The van der Waals surface area contributed by atoms with Crippen molar-refractivity contribution in [3.8, 4) is 11.1 Å². The largest absolute Gasteiger partial charge is 0.462 e. The molecule has 0 saturated carbocycles. The quantitative estimate of drug-likeness (QED) is 0.561. The Morgan fingerprint density at radius 1 is 1.10 bits per heavy atom. The molecule has 2 heterocycles. The molecule has 1 amide bonds. The van der Waals surface area contributed by atoms with E-state index in [0.29, 0.717) is 27.4 Å². The maximum atomic E-state index is 12.7. The molecule has 3 rings (SSSR count). The number of anilines is 1. The maximum Gasteiger partial charge on any atom is 0.342 e. The number of carbonyl (C=O) groups excluding carboxylic acids is 3. The number of hydrogen-bond donors (Lipinski definition) is 1. The van der Waals surface area contributed by atoms with Crippen LogP contribution in [-0.4, -0.2) is 40.8 Å². The second-order valence-electron chi connectivity index (χ2n) is 6.72. The topological polar surface area (TPSA) is 99.5 Å².